The van der Waals surface area contributed by atoms with Crippen molar-refractivity contribution in [2.24, 2.45) is 0 Å². The van der Waals surface area contributed by atoms with Crippen LogP contribution in [0.15, 0.2) is 109 Å². The summed E-state index contributed by atoms with van der Waals surface area (Å²) in [6.07, 6.45) is 67.6. The third-order valence-electron chi connectivity index (χ3n) is 9.26. The average molecular weight is 746 g/mol. The summed E-state index contributed by atoms with van der Waals surface area (Å²) in [5, 5.41) is 22.9. The number of hydrogen-bond donors (Lipinski definition) is 3. The predicted molar refractivity (Wildman–Crippen MR) is 239 cm³/mol. The monoisotopic (exact) mass is 746 g/mol. The smallest absolute Gasteiger partial charge is 0.220 e. The van der Waals surface area contributed by atoms with Crippen LogP contribution in [-0.4, -0.2) is 34.9 Å². The van der Waals surface area contributed by atoms with E-state index in [-0.39, 0.29) is 12.5 Å². The van der Waals surface area contributed by atoms with Crippen LogP contribution in [0.5, 0.6) is 0 Å². The lowest BCUT2D eigenvalue weighted by Gasteiger charge is -2.20. The van der Waals surface area contributed by atoms with E-state index in [4.69, 9.17) is 0 Å². The Labute approximate surface area is 334 Å². The van der Waals surface area contributed by atoms with Crippen LogP contribution in [0.2, 0.25) is 0 Å². The number of aliphatic hydroxyl groups excluding tert-OH is 2. The number of carbonyl (C=O) groups excluding carboxylic acids is 1. The van der Waals surface area contributed by atoms with Crippen molar-refractivity contribution >= 4 is 5.91 Å². The standard InChI is InChI=1S/C50H83NO3/c1-3-5-7-9-11-13-15-17-18-19-20-21-22-23-24-25-26-27-28-29-30-31-32-34-36-38-40-42-44-46-50(54)51-48(47-52)49(53)45-43-41-39-37-35-33-16-14-12-10-8-6-4-2/h5,7,11,13,17-18,20-21,23-24,26-27,29-30,32,34,43,45,48-49,52-53H,3-4,6,8-10,12,14-16,19,22,25,28,31,33,35-42,44,46-47H2,1-2H3,(H,51,54)/b7-5-,13-11-,18-17-,21-20-,24-23-,27-26-,30-29-,34-32-,45-43+. The van der Waals surface area contributed by atoms with Crippen molar-refractivity contribution < 1.29 is 15.0 Å². The quantitative estimate of drug-likeness (QED) is 0.0435. The molecule has 1 amide bonds. The van der Waals surface area contributed by atoms with Gasteiger partial charge in [0.25, 0.3) is 0 Å². The number of rotatable bonds is 38. The van der Waals surface area contributed by atoms with Crippen LogP contribution in [-0.2, 0) is 4.79 Å². The largest absolute Gasteiger partial charge is 0.394 e. The molecule has 0 saturated carbocycles. The van der Waals surface area contributed by atoms with Crippen molar-refractivity contribution in [3.63, 3.8) is 0 Å². The lowest BCUT2D eigenvalue weighted by molar-refractivity contribution is -0.123. The molecule has 4 nitrogen and oxygen atoms in total. The van der Waals surface area contributed by atoms with Crippen LogP contribution in [0.4, 0.5) is 0 Å². The fourth-order valence-electron chi connectivity index (χ4n) is 5.90. The molecule has 2 atom stereocenters. The van der Waals surface area contributed by atoms with Gasteiger partial charge in [-0.1, -0.05) is 200 Å². The molecule has 0 spiro atoms. The Morgan fingerprint density at radius 3 is 1.22 bits per heavy atom. The van der Waals surface area contributed by atoms with Gasteiger partial charge in [-0.2, -0.15) is 0 Å². The Kier molecular flexibility index (Phi) is 42.0. The highest BCUT2D eigenvalue weighted by atomic mass is 16.3. The zero-order valence-electron chi connectivity index (χ0n) is 34.9. The van der Waals surface area contributed by atoms with Gasteiger partial charge in [0, 0.05) is 6.42 Å². The van der Waals surface area contributed by atoms with Crippen LogP contribution < -0.4 is 5.32 Å². The summed E-state index contributed by atoms with van der Waals surface area (Å²) in [6, 6.07) is -0.643. The van der Waals surface area contributed by atoms with Gasteiger partial charge in [0.15, 0.2) is 0 Å². The van der Waals surface area contributed by atoms with Gasteiger partial charge in [0.05, 0.1) is 18.8 Å². The molecule has 3 N–H and O–H groups in total. The first-order chi connectivity index (χ1) is 26.7. The van der Waals surface area contributed by atoms with Gasteiger partial charge in [-0.3, -0.25) is 4.79 Å². The maximum Gasteiger partial charge on any atom is 0.220 e. The van der Waals surface area contributed by atoms with Crippen LogP contribution in [0, 0.1) is 0 Å². The predicted octanol–water partition coefficient (Wildman–Crippen LogP) is 14.0. The minimum Gasteiger partial charge on any atom is -0.394 e. The normalized spacial score (nSPS) is 14.1. The molecule has 0 saturated heterocycles. The summed E-state index contributed by atoms with van der Waals surface area (Å²) in [7, 11) is 0. The van der Waals surface area contributed by atoms with Crippen LogP contribution in [0.1, 0.15) is 181 Å². The molecular formula is C50H83NO3. The van der Waals surface area contributed by atoms with Gasteiger partial charge in [-0.25, -0.2) is 0 Å². The highest BCUT2D eigenvalue weighted by Gasteiger charge is 2.17. The van der Waals surface area contributed by atoms with Crippen molar-refractivity contribution in [1.29, 1.82) is 0 Å². The van der Waals surface area contributed by atoms with Crippen molar-refractivity contribution in [3.8, 4) is 0 Å². The molecule has 0 aromatic heterocycles. The van der Waals surface area contributed by atoms with E-state index >= 15 is 0 Å². The maximum atomic E-state index is 12.4. The summed E-state index contributed by atoms with van der Waals surface area (Å²) in [4.78, 5) is 12.4. The molecule has 0 radical (unpaired) electrons. The Balaban J connectivity index is 3.72. The van der Waals surface area contributed by atoms with E-state index in [0.717, 1.165) is 96.3 Å². The highest BCUT2D eigenvalue weighted by Crippen LogP contribution is 2.13. The zero-order chi connectivity index (χ0) is 39.3. The SMILES string of the molecule is CC/C=C\C/C=C\C/C=C\C/C=C\C/C=C\C/C=C\C/C=C\C/C=C\CCCCCCC(=O)NC(CO)C(O)/C=C/CCCCCCCCCCCCC. The number of amides is 1. The molecule has 54 heavy (non-hydrogen) atoms. The van der Waals surface area contributed by atoms with Crippen LogP contribution in [0.25, 0.3) is 0 Å². The molecule has 0 aromatic carbocycles. The molecule has 4 heteroatoms. The molecule has 0 fully saturated rings. The van der Waals surface area contributed by atoms with Gasteiger partial charge < -0.3 is 15.5 Å². The summed E-state index contributed by atoms with van der Waals surface area (Å²) in [5.74, 6) is -0.0948. The van der Waals surface area contributed by atoms with Gasteiger partial charge in [0.2, 0.25) is 5.91 Å². The van der Waals surface area contributed by atoms with E-state index in [1.54, 1.807) is 6.08 Å². The zero-order valence-corrected chi connectivity index (χ0v) is 34.9. The number of allylic oxidation sites excluding steroid dienone is 17. The third-order valence-corrected chi connectivity index (χ3v) is 9.26. The summed E-state index contributed by atoms with van der Waals surface area (Å²) in [5.41, 5.74) is 0. The minimum absolute atomic E-state index is 0.0948. The molecule has 0 aliphatic rings. The molecule has 0 aliphatic heterocycles. The summed E-state index contributed by atoms with van der Waals surface area (Å²) < 4.78 is 0. The average Bonchev–Trinajstić information content (AvgIpc) is 3.18. The van der Waals surface area contributed by atoms with E-state index in [1.165, 1.54) is 64.2 Å². The highest BCUT2D eigenvalue weighted by molar-refractivity contribution is 5.76. The van der Waals surface area contributed by atoms with Crippen LogP contribution >= 0.6 is 0 Å². The topological polar surface area (TPSA) is 69.6 Å². The Hall–Kier alpha value is -2.95. The lowest BCUT2D eigenvalue weighted by atomic mass is 10.0. The first-order valence-electron chi connectivity index (χ1n) is 22.1. The molecular weight excluding hydrogens is 663 g/mol. The molecule has 306 valence electrons. The number of hydrogen-bond acceptors (Lipinski definition) is 3. The van der Waals surface area contributed by atoms with Gasteiger partial charge in [-0.15, -0.1) is 0 Å². The maximum absolute atomic E-state index is 12.4. The number of carbonyl (C=O) groups is 1. The second-order valence-electron chi connectivity index (χ2n) is 14.4. The fourth-order valence-corrected chi connectivity index (χ4v) is 5.90. The summed E-state index contributed by atoms with van der Waals surface area (Å²) >= 11 is 0. The molecule has 0 aromatic rings. The molecule has 0 bridgehead atoms. The van der Waals surface area contributed by atoms with Gasteiger partial charge >= 0.3 is 0 Å². The molecule has 0 rings (SSSR count). The van der Waals surface area contributed by atoms with Crippen molar-refractivity contribution in [2.75, 3.05) is 6.61 Å². The first kappa shape index (κ1) is 51.0. The minimum atomic E-state index is -0.857. The molecule has 0 aliphatic carbocycles. The van der Waals surface area contributed by atoms with E-state index < -0.39 is 12.1 Å². The van der Waals surface area contributed by atoms with Gasteiger partial charge in [0.1, 0.15) is 0 Å². The molecule has 2 unspecified atom stereocenters. The van der Waals surface area contributed by atoms with Crippen molar-refractivity contribution in [2.45, 2.75) is 193 Å². The van der Waals surface area contributed by atoms with Crippen molar-refractivity contribution in [3.05, 3.63) is 109 Å². The molecule has 0 heterocycles. The second-order valence-corrected chi connectivity index (χ2v) is 14.4. The van der Waals surface area contributed by atoms with E-state index in [0.29, 0.717) is 6.42 Å². The van der Waals surface area contributed by atoms with E-state index in [2.05, 4.69) is 116 Å². The number of unbranched alkanes of at least 4 members (excludes halogenated alkanes) is 15. The summed E-state index contributed by atoms with van der Waals surface area (Å²) in [6.45, 7) is 4.16. The second kappa shape index (κ2) is 44.4. The Morgan fingerprint density at radius 1 is 0.463 bits per heavy atom. The van der Waals surface area contributed by atoms with E-state index in [1.807, 2.05) is 6.08 Å². The van der Waals surface area contributed by atoms with Crippen molar-refractivity contribution in [1.82, 2.24) is 5.32 Å². The number of nitrogens with one attached hydrogen (secondary N) is 1. The van der Waals surface area contributed by atoms with E-state index in [9.17, 15) is 15.0 Å². The first-order valence-corrected chi connectivity index (χ1v) is 22.1. The van der Waals surface area contributed by atoms with Gasteiger partial charge in [-0.05, 0) is 83.5 Å². The number of aliphatic hydroxyl groups is 2. The lowest BCUT2D eigenvalue weighted by Crippen LogP contribution is -2.45. The third kappa shape index (κ3) is 40.2. The Bertz CT molecular complexity index is 1070. The Morgan fingerprint density at radius 2 is 0.815 bits per heavy atom. The fraction of sp³-hybridized carbons (Fsp3) is 0.620. The van der Waals surface area contributed by atoms with Crippen LogP contribution in [0.3, 0.4) is 0 Å².